The third kappa shape index (κ3) is 2.23. The number of halogens is 1. The van der Waals surface area contributed by atoms with E-state index >= 15 is 0 Å². The van der Waals surface area contributed by atoms with Crippen LogP contribution >= 0.6 is 23.4 Å². The van der Waals surface area contributed by atoms with Crippen LogP contribution in [0.25, 0.3) is 10.9 Å². The van der Waals surface area contributed by atoms with Gasteiger partial charge in [0.25, 0.3) is 0 Å². The zero-order valence-corrected chi connectivity index (χ0v) is 12.4. The van der Waals surface area contributed by atoms with Gasteiger partial charge in [-0.15, -0.1) is 11.8 Å². The summed E-state index contributed by atoms with van der Waals surface area (Å²) >= 11 is 7.54. The number of benzene rings is 2. The Bertz CT molecular complexity index is 794. The number of aromatic nitrogens is 1. The van der Waals surface area contributed by atoms with Crippen molar-refractivity contribution in [1.29, 1.82) is 0 Å². The summed E-state index contributed by atoms with van der Waals surface area (Å²) in [5.74, 6) is 0.0310. The van der Waals surface area contributed by atoms with Gasteiger partial charge in [0.05, 0.1) is 0 Å². The third-order valence-corrected chi connectivity index (χ3v) is 4.27. The fourth-order valence-corrected chi connectivity index (χ4v) is 3.03. The highest BCUT2D eigenvalue weighted by molar-refractivity contribution is 7.98. The van der Waals surface area contributed by atoms with E-state index in [1.165, 1.54) is 0 Å². The van der Waals surface area contributed by atoms with Crippen molar-refractivity contribution in [3.05, 3.63) is 64.8 Å². The second-order valence-corrected chi connectivity index (χ2v) is 5.71. The molecule has 0 radical (unpaired) electrons. The van der Waals surface area contributed by atoms with Crippen LogP contribution in [0.3, 0.4) is 0 Å². The van der Waals surface area contributed by atoms with Crippen LogP contribution in [-0.4, -0.2) is 17.0 Å². The normalized spacial score (nSPS) is 10.9. The van der Waals surface area contributed by atoms with Crippen LogP contribution in [0.4, 0.5) is 0 Å². The lowest BCUT2D eigenvalue weighted by molar-refractivity contribution is 0.103. The highest BCUT2D eigenvalue weighted by Crippen LogP contribution is 2.27. The Morgan fingerprint density at radius 3 is 2.75 bits per heavy atom. The first-order chi connectivity index (χ1) is 9.70. The maximum atomic E-state index is 12.7. The van der Waals surface area contributed by atoms with Gasteiger partial charge in [0, 0.05) is 38.1 Å². The van der Waals surface area contributed by atoms with Crippen LogP contribution in [0.15, 0.2) is 53.6 Å². The third-order valence-electron chi connectivity index (χ3n) is 3.24. The van der Waals surface area contributed by atoms with Gasteiger partial charge in [0.15, 0.2) is 5.78 Å². The molecule has 20 heavy (non-hydrogen) atoms. The van der Waals surface area contributed by atoms with Crippen LogP contribution in [0, 0.1) is 0 Å². The maximum absolute atomic E-state index is 12.7. The van der Waals surface area contributed by atoms with E-state index in [4.69, 9.17) is 11.6 Å². The van der Waals surface area contributed by atoms with Gasteiger partial charge in [0.2, 0.25) is 0 Å². The average Bonchev–Trinajstić information content (AvgIpc) is 2.89. The molecule has 1 aromatic heterocycles. The van der Waals surface area contributed by atoms with Gasteiger partial charge < -0.3 is 4.98 Å². The molecule has 0 aliphatic carbocycles. The van der Waals surface area contributed by atoms with Crippen LogP contribution in [0.2, 0.25) is 5.02 Å². The molecule has 2 aromatic carbocycles. The molecule has 0 saturated carbocycles. The molecule has 100 valence electrons. The van der Waals surface area contributed by atoms with E-state index in [-0.39, 0.29) is 5.78 Å². The average molecular weight is 302 g/mol. The number of thioether (sulfide) groups is 1. The van der Waals surface area contributed by atoms with Gasteiger partial charge in [-0.1, -0.05) is 29.8 Å². The maximum Gasteiger partial charge on any atom is 0.196 e. The number of nitrogens with one attached hydrogen (secondary N) is 1. The topological polar surface area (TPSA) is 32.9 Å². The molecular weight excluding hydrogens is 290 g/mol. The number of hydrogen-bond acceptors (Lipinski definition) is 2. The number of aromatic amines is 1. The molecule has 0 atom stereocenters. The predicted molar refractivity (Wildman–Crippen MR) is 85.0 cm³/mol. The molecule has 4 heteroatoms. The van der Waals surface area contributed by atoms with Crippen molar-refractivity contribution in [2.45, 2.75) is 4.90 Å². The number of rotatable bonds is 3. The fraction of sp³-hybridized carbons (Fsp3) is 0.0625. The van der Waals surface area contributed by atoms with Crippen molar-refractivity contribution in [1.82, 2.24) is 4.98 Å². The lowest BCUT2D eigenvalue weighted by Gasteiger charge is -2.05. The summed E-state index contributed by atoms with van der Waals surface area (Å²) < 4.78 is 0. The molecule has 0 saturated heterocycles. The predicted octanol–water partition coefficient (Wildman–Crippen LogP) is 4.77. The van der Waals surface area contributed by atoms with Crippen LogP contribution in [-0.2, 0) is 0 Å². The molecule has 3 aromatic rings. The molecule has 1 N–H and O–H groups in total. The quantitative estimate of drug-likeness (QED) is 0.558. The van der Waals surface area contributed by atoms with E-state index in [2.05, 4.69) is 4.98 Å². The summed E-state index contributed by atoms with van der Waals surface area (Å²) in [6, 6.07) is 13.2. The minimum atomic E-state index is 0.0310. The van der Waals surface area contributed by atoms with E-state index in [1.807, 2.05) is 42.7 Å². The number of ketones is 1. The van der Waals surface area contributed by atoms with Crippen molar-refractivity contribution in [3.63, 3.8) is 0 Å². The first kappa shape index (κ1) is 13.3. The molecule has 3 rings (SSSR count). The van der Waals surface area contributed by atoms with Crippen molar-refractivity contribution in [2.75, 3.05) is 6.26 Å². The Kier molecular flexibility index (Phi) is 3.55. The summed E-state index contributed by atoms with van der Waals surface area (Å²) in [5.41, 5.74) is 2.29. The number of hydrogen-bond donors (Lipinski definition) is 1. The molecule has 0 bridgehead atoms. The second-order valence-electron chi connectivity index (χ2n) is 4.42. The van der Waals surface area contributed by atoms with Crippen molar-refractivity contribution >= 4 is 40.0 Å². The Labute approximate surface area is 126 Å². The van der Waals surface area contributed by atoms with Crippen LogP contribution in [0.5, 0.6) is 0 Å². The van der Waals surface area contributed by atoms with E-state index in [1.54, 1.807) is 24.0 Å². The zero-order chi connectivity index (χ0) is 14.1. The van der Waals surface area contributed by atoms with Crippen LogP contribution < -0.4 is 0 Å². The number of carbonyl (C=O) groups excluding carboxylic acids is 1. The molecular formula is C16H12ClNOS. The molecule has 0 aliphatic heterocycles. The van der Waals surface area contributed by atoms with Crippen molar-refractivity contribution < 1.29 is 4.79 Å². The summed E-state index contributed by atoms with van der Waals surface area (Å²) in [6.45, 7) is 0. The Morgan fingerprint density at radius 1 is 1.15 bits per heavy atom. The molecule has 1 heterocycles. The largest absolute Gasteiger partial charge is 0.360 e. The van der Waals surface area contributed by atoms with Gasteiger partial charge in [-0.3, -0.25) is 4.79 Å². The fourth-order valence-electron chi connectivity index (χ4n) is 2.26. The Morgan fingerprint density at radius 2 is 1.95 bits per heavy atom. The van der Waals surface area contributed by atoms with E-state index in [0.29, 0.717) is 10.6 Å². The van der Waals surface area contributed by atoms with Gasteiger partial charge in [0.1, 0.15) is 0 Å². The number of H-pyrrole nitrogens is 1. The highest BCUT2D eigenvalue weighted by Gasteiger charge is 2.16. The monoisotopic (exact) mass is 301 g/mol. The van der Waals surface area contributed by atoms with Crippen molar-refractivity contribution in [3.8, 4) is 0 Å². The lowest BCUT2D eigenvalue weighted by Crippen LogP contribution is -2.02. The molecule has 0 fully saturated rings. The van der Waals surface area contributed by atoms with Gasteiger partial charge in [-0.25, -0.2) is 0 Å². The highest BCUT2D eigenvalue weighted by atomic mass is 35.5. The van der Waals surface area contributed by atoms with Crippen LogP contribution in [0.1, 0.15) is 15.9 Å². The Hall–Kier alpha value is -1.71. The lowest BCUT2D eigenvalue weighted by atomic mass is 10.0. The van der Waals surface area contributed by atoms with Gasteiger partial charge in [-0.2, -0.15) is 0 Å². The summed E-state index contributed by atoms with van der Waals surface area (Å²) in [7, 11) is 0. The smallest absolute Gasteiger partial charge is 0.196 e. The first-order valence-electron chi connectivity index (χ1n) is 6.15. The van der Waals surface area contributed by atoms with Crippen molar-refractivity contribution in [2.24, 2.45) is 0 Å². The number of fused-ring (bicyclic) bond motifs is 1. The second kappa shape index (κ2) is 5.35. The minimum absolute atomic E-state index is 0.0310. The van der Waals surface area contributed by atoms with Gasteiger partial charge in [-0.05, 0) is 30.5 Å². The van der Waals surface area contributed by atoms with E-state index in [0.717, 1.165) is 21.4 Å². The minimum Gasteiger partial charge on any atom is -0.360 e. The zero-order valence-electron chi connectivity index (χ0n) is 10.8. The van der Waals surface area contributed by atoms with E-state index in [9.17, 15) is 4.79 Å². The molecule has 2 nitrogen and oxygen atoms in total. The SMILES string of the molecule is CSc1ccccc1C(=O)c1c[nH]c2cc(Cl)ccc12. The molecule has 0 aliphatic rings. The summed E-state index contributed by atoms with van der Waals surface area (Å²) in [6.07, 6.45) is 3.72. The summed E-state index contributed by atoms with van der Waals surface area (Å²) in [5, 5.41) is 1.55. The Balaban J connectivity index is 2.13. The number of carbonyl (C=O) groups is 1. The first-order valence-corrected chi connectivity index (χ1v) is 7.75. The summed E-state index contributed by atoms with van der Waals surface area (Å²) in [4.78, 5) is 16.8. The standard InChI is InChI=1S/C16H12ClNOS/c1-20-15-5-3-2-4-12(15)16(19)13-9-18-14-8-10(17)6-7-11(13)14/h2-9,18H,1H3. The molecule has 0 spiro atoms. The molecule has 0 amide bonds. The molecule has 0 unspecified atom stereocenters. The van der Waals surface area contributed by atoms with Gasteiger partial charge >= 0.3 is 0 Å². The van der Waals surface area contributed by atoms with E-state index < -0.39 is 0 Å².